The molecule has 1 aromatic carbocycles. The first-order valence-corrected chi connectivity index (χ1v) is 3.29. The van der Waals surface area contributed by atoms with Crippen LogP contribution in [0.4, 0.5) is 15.8 Å². The van der Waals surface area contributed by atoms with Crippen molar-refractivity contribution in [2.45, 2.75) is 0 Å². The summed E-state index contributed by atoms with van der Waals surface area (Å²) in [6.07, 6.45) is 0. The van der Waals surface area contributed by atoms with Crippen molar-refractivity contribution in [2.24, 2.45) is 0 Å². The van der Waals surface area contributed by atoms with Gasteiger partial charge >= 0.3 is 5.69 Å². The van der Waals surface area contributed by atoms with Gasteiger partial charge in [0.25, 0.3) is 0 Å². The van der Waals surface area contributed by atoms with Crippen LogP contribution < -0.4 is 5.73 Å². The van der Waals surface area contributed by atoms with Gasteiger partial charge in [0.05, 0.1) is 9.95 Å². The third kappa shape index (κ3) is 1.31. The number of nitrogens with zero attached hydrogens (tertiary/aromatic N) is 1. The summed E-state index contributed by atoms with van der Waals surface area (Å²) >= 11 is 5.29. The van der Waals surface area contributed by atoms with Gasteiger partial charge < -0.3 is 5.73 Å². The molecule has 1 aromatic rings. The second-order valence-corrected chi connectivity index (χ2v) is 2.46. The summed E-state index contributed by atoms with van der Waals surface area (Å²) in [4.78, 5) is 9.32. The quantitative estimate of drug-likeness (QED) is 0.418. The first-order valence-electron chi connectivity index (χ1n) is 2.92. The molecule has 0 aliphatic rings. The van der Waals surface area contributed by atoms with Gasteiger partial charge in [-0.15, -0.1) is 0 Å². The Hall–Kier alpha value is -1.36. The van der Waals surface area contributed by atoms with E-state index in [9.17, 15) is 14.5 Å². The van der Waals surface area contributed by atoms with E-state index in [2.05, 4.69) is 0 Å². The third-order valence-corrected chi connectivity index (χ3v) is 1.57. The summed E-state index contributed by atoms with van der Waals surface area (Å²) in [6, 6.07) is 2.35. The van der Waals surface area contributed by atoms with Crippen LogP contribution in [0.3, 0.4) is 0 Å². The summed E-state index contributed by atoms with van der Waals surface area (Å²) in [7, 11) is 0. The number of anilines is 1. The van der Waals surface area contributed by atoms with E-state index >= 15 is 0 Å². The van der Waals surface area contributed by atoms with Crippen molar-refractivity contribution in [1.82, 2.24) is 0 Å². The Kier molecular flexibility index (Phi) is 2.14. The van der Waals surface area contributed by atoms with Crippen LogP contribution in [0, 0.1) is 15.9 Å². The van der Waals surface area contributed by atoms with E-state index in [0.717, 1.165) is 0 Å². The van der Waals surface area contributed by atoms with Crippen molar-refractivity contribution in [3.63, 3.8) is 0 Å². The third-order valence-electron chi connectivity index (χ3n) is 1.28. The summed E-state index contributed by atoms with van der Waals surface area (Å²) in [5, 5.41) is 9.91. The Bertz CT molecular complexity index is 343. The van der Waals surface area contributed by atoms with Crippen LogP contribution in [0.25, 0.3) is 0 Å². The Morgan fingerprint density at radius 3 is 2.58 bits per heavy atom. The minimum atomic E-state index is -1.10. The second kappa shape index (κ2) is 2.94. The standard InChI is InChI=1S/C6H4ClFN2O2/c7-3-1-2-4(9)6(5(3)8)10(11)12/h1-2H,9H2. The Morgan fingerprint density at radius 1 is 1.58 bits per heavy atom. The first kappa shape index (κ1) is 8.73. The highest BCUT2D eigenvalue weighted by atomic mass is 35.5. The maximum Gasteiger partial charge on any atom is 0.328 e. The van der Waals surface area contributed by atoms with Gasteiger partial charge in [-0.1, -0.05) is 11.6 Å². The topological polar surface area (TPSA) is 69.2 Å². The molecule has 1 rings (SSSR count). The predicted molar refractivity (Wildman–Crippen MR) is 42.5 cm³/mol. The van der Waals surface area contributed by atoms with E-state index in [4.69, 9.17) is 17.3 Å². The minimum absolute atomic E-state index is 0.234. The number of rotatable bonds is 1. The molecule has 0 saturated carbocycles. The monoisotopic (exact) mass is 190 g/mol. The van der Waals surface area contributed by atoms with Crippen LogP contribution in [0.2, 0.25) is 5.02 Å². The zero-order chi connectivity index (χ0) is 9.30. The fourth-order valence-electron chi connectivity index (χ4n) is 0.740. The summed E-state index contributed by atoms with van der Waals surface area (Å²) in [5.74, 6) is -1.10. The Morgan fingerprint density at radius 2 is 2.17 bits per heavy atom. The number of nitro groups is 1. The van der Waals surface area contributed by atoms with Crippen molar-refractivity contribution in [3.05, 3.63) is 33.1 Å². The maximum absolute atomic E-state index is 12.9. The molecule has 0 spiro atoms. The number of nitro benzene ring substituents is 1. The van der Waals surface area contributed by atoms with Crippen LogP contribution in [-0.2, 0) is 0 Å². The molecular weight excluding hydrogens is 187 g/mol. The average Bonchev–Trinajstić information content (AvgIpc) is 1.97. The van der Waals surface area contributed by atoms with E-state index in [1.54, 1.807) is 0 Å². The fraction of sp³-hybridized carbons (Fsp3) is 0. The van der Waals surface area contributed by atoms with Crippen LogP contribution in [0.15, 0.2) is 12.1 Å². The maximum atomic E-state index is 12.9. The highest BCUT2D eigenvalue weighted by Gasteiger charge is 2.20. The van der Waals surface area contributed by atoms with Crippen LogP contribution >= 0.6 is 11.6 Å². The molecule has 12 heavy (non-hydrogen) atoms. The lowest BCUT2D eigenvalue weighted by Crippen LogP contribution is -1.98. The van der Waals surface area contributed by atoms with Crippen LogP contribution in [0.5, 0.6) is 0 Å². The number of hydrogen-bond acceptors (Lipinski definition) is 3. The van der Waals surface area contributed by atoms with E-state index < -0.39 is 16.4 Å². The molecule has 0 saturated heterocycles. The SMILES string of the molecule is Nc1ccc(Cl)c(F)c1[N+](=O)[O-]. The van der Waals surface area contributed by atoms with E-state index in [1.165, 1.54) is 12.1 Å². The predicted octanol–water partition coefficient (Wildman–Crippen LogP) is 1.97. The van der Waals surface area contributed by atoms with Crippen molar-refractivity contribution < 1.29 is 9.31 Å². The summed E-state index contributed by atoms with van der Waals surface area (Å²) in [6.45, 7) is 0. The smallest absolute Gasteiger partial charge is 0.328 e. The molecule has 0 fully saturated rings. The molecule has 6 heteroatoms. The van der Waals surface area contributed by atoms with Gasteiger partial charge in [0, 0.05) is 0 Å². The Labute approximate surface area is 71.9 Å². The van der Waals surface area contributed by atoms with Crippen molar-refractivity contribution >= 4 is 23.0 Å². The molecule has 2 N–H and O–H groups in total. The molecule has 0 radical (unpaired) electrons. The van der Waals surface area contributed by atoms with Crippen LogP contribution in [0.1, 0.15) is 0 Å². The van der Waals surface area contributed by atoms with Gasteiger partial charge in [-0.25, -0.2) is 0 Å². The molecule has 64 valence electrons. The van der Waals surface area contributed by atoms with Gasteiger partial charge in [-0.2, -0.15) is 4.39 Å². The lowest BCUT2D eigenvalue weighted by Gasteiger charge is -1.98. The van der Waals surface area contributed by atoms with Crippen molar-refractivity contribution in [2.75, 3.05) is 5.73 Å². The van der Waals surface area contributed by atoms with Gasteiger partial charge in [0.15, 0.2) is 0 Å². The molecular formula is C6H4ClFN2O2. The lowest BCUT2D eigenvalue weighted by atomic mass is 10.2. The average molecular weight is 191 g/mol. The number of nitrogens with two attached hydrogens (primary N) is 1. The van der Waals surface area contributed by atoms with Crippen LogP contribution in [-0.4, -0.2) is 4.92 Å². The van der Waals surface area contributed by atoms with Crippen molar-refractivity contribution in [1.29, 1.82) is 0 Å². The normalized spacial score (nSPS) is 9.83. The zero-order valence-corrected chi connectivity index (χ0v) is 6.51. The number of benzene rings is 1. The van der Waals surface area contributed by atoms with E-state index in [-0.39, 0.29) is 10.7 Å². The van der Waals surface area contributed by atoms with Gasteiger partial charge in [-0.3, -0.25) is 10.1 Å². The van der Waals surface area contributed by atoms with Gasteiger partial charge in [-0.05, 0) is 12.1 Å². The molecule has 0 atom stereocenters. The highest BCUT2D eigenvalue weighted by molar-refractivity contribution is 6.31. The summed E-state index contributed by atoms with van der Waals surface area (Å²) < 4.78 is 12.9. The molecule has 4 nitrogen and oxygen atoms in total. The number of nitrogen functional groups attached to an aromatic ring is 1. The molecule has 0 heterocycles. The largest absolute Gasteiger partial charge is 0.393 e. The summed E-state index contributed by atoms with van der Waals surface area (Å²) in [5.41, 5.74) is 4.14. The minimum Gasteiger partial charge on any atom is -0.393 e. The highest BCUT2D eigenvalue weighted by Crippen LogP contribution is 2.29. The molecule has 0 aliphatic heterocycles. The molecule has 0 unspecified atom stereocenters. The Balaban J connectivity index is 3.43. The number of halogens is 2. The molecule has 0 aromatic heterocycles. The van der Waals surface area contributed by atoms with E-state index in [0.29, 0.717) is 0 Å². The fourth-order valence-corrected chi connectivity index (χ4v) is 0.893. The second-order valence-electron chi connectivity index (χ2n) is 2.06. The molecule has 0 bridgehead atoms. The van der Waals surface area contributed by atoms with Gasteiger partial charge in [0.2, 0.25) is 5.82 Å². The molecule has 0 aliphatic carbocycles. The lowest BCUT2D eigenvalue weighted by molar-refractivity contribution is -0.386. The van der Waals surface area contributed by atoms with E-state index in [1.807, 2.05) is 0 Å². The molecule has 0 amide bonds. The first-order chi connectivity index (χ1) is 5.54. The van der Waals surface area contributed by atoms with Crippen molar-refractivity contribution in [3.8, 4) is 0 Å². The van der Waals surface area contributed by atoms with Gasteiger partial charge in [0.1, 0.15) is 5.69 Å². The zero-order valence-electron chi connectivity index (χ0n) is 5.75. The number of hydrogen-bond donors (Lipinski definition) is 1.